The molecule has 1 aromatic carbocycles. The normalized spacial score (nSPS) is 11.1. The quantitative estimate of drug-likeness (QED) is 0.439. The first kappa shape index (κ1) is 23.2. The van der Waals surface area contributed by atoms with Crippen LogP contribution < -0.4 is 15.4 Å². The first-order valence-corrected chi connectivity index (χ1v) is 10.6. The van der Waals surface area contributed by atoms with E-state index in [1.54, 1.807) is 6.20 Å². The van der Waals surface area contributed by atoms with Gasteiger partial charge in [0.15, 0.2) is 5.96 Å². The fourth-order valence-corrected chi connectivity index (χ4v) is 2.89. The minimum Gasteiger partial charge on any atom is -0.473 e. The number of benzene rings is 1. The Balaban J connectivity index is 1.88. The maximum absolute atomic E-state index is 12.1. The Hall–Kier alpha value is -3.09. The number of nitrogens with one attached hydrogen (secondary N) is 2. The zero-order valence-electron chi connectivity index (χ0n) is 18.2. The SMILES string of the molecule is CCNC(=NCc1ccnc(OCc2ccccc2)c1)NCCC(=O)N(CC)CC. The van der Waals surface area contributed by atoms with Crippen molar-refractivity contribution in [2.24, 2.45) is 4.99 Å². The molecule has 0 radical (unpaired) electrons. The van der Waals surface area contributed by atoms with Crippen molar-refractivity contribution >= 4 is 11.9 Å². The molecule has 7 nitrogen and oxygen atoms in total. The van der Waals surface area contributed by atoms with E-state index in [-0.39, 0.29) is 5.91 Å². The minimum absolute atomic E-state index is 0.151. The predicted octanol–water partition coefficient (Wildman–Crippen LogP) is 2.97. The van der Waals surface area contributed by atoms with E-state index in [9.17, 15) is 4.79 Å². The number of ether oxygens (including phenoxy) is 1. The van der Waals surface area contributed by atoms with Crippen molar-refractivity contribution in [3.63, 3.8) is 0 Å². The largest absolute Gasteiger partial charge is 0.473 e. The number of carbonyl (C=O) groups excluding carboxylic acids is 1. The molecule has 7 heteroatoms. The van der Waals surface area contributed by atoms with Gasteiger partial charge in [-0.15, -0.1) is 0 Å². The lowest BCUT2D eigenvalue weighted by Crippen LogP contribution is -2.40. The highest BCUT2D eigenvalue weighted by atomic mass is 16.5. The van der Waals surface area contributed by atoms with Gasteiger partial charge in [-0.1, -0.05) is 30.3 Å². The van der Waals surface area contributed by atoms with Gasteiger partial charge in [-0.2, -0.15) is 0 Å². The third-order valence-corrected chi connectivity index (χ3v) is 4.54. The van der Waals surface area contributed by atoms with Gasteiger partial charge in [0.2, 0.25) is 11.8 Å². The minimum atomic E-state index is 0.151. The van der Waals surface area contributed by atoms with Crippen molar-refractivity contribution in [3.05, 3.63) is 59.8 Å². The van der Waals surface area contributed by atoms with E-state index in [2.05, 4.69) is 20.6 Å². The Labute approximate surface area is 179 Å². The van der Waals surface area contributed by atoms with Gasteiger partial charge in [-0.25, -0.2) is 9.98 Å². The van der Waals surface area contributed by atoms with E-state index in [1.807, 2.05) is 68.1 Å². The number of aromatic nitrogens is 1. The molecule has 2 N–H and O–H groups in total. The predicted molar refractivity (Wildman–Crippen MR) is 120 cm³/mol. The molecule has 0 saturated heterocycles. The molecule has 0 fully saturated rings. The summed E-state index contributed by atoms with van der Waals surface area (Å²) in [5, 5.41) is 6.44. The molecule has 0 aliphatic rings. The van der Waals surface area contributed by atoms with Crippen LogP contribution in [0.2, 0.25) is 0 Å². The lowest BCUT2D eigenvalue weighted by atomic mass is 10.2. The van der Waals surface area contributed by atoms with Crippen molar-refractivity contribution in [1.29, 1.82) is 0 Å². The highest BCUT2D eigenvalue weighted by Crippen LogP contribution is 2.12. The van der Waals surface area contributed by atoms with E-state index < -0.39 is 0 Å². The average Bonchev–Trinajstić information content (AvgIpc) is 2.78. The number of pyridine rings is 1. The van der Waals surface area contributed by atoms with Crippen LogP contribution in [0, 0.1) is 0 Å². The molecule has 0 spiro atoms. The first-order chi connectivity index (χ1) is 14.7. The molecule has 30 heavy (non-hydrogen) atoms. The van der Waals surface area contributed by atoms with Crippen LogP contribution in [0.4, 0.5) is 0 Å². The zero-order valence-corrected chi connectivity index (χ0v) is 18.2. The number of aliphatic imine (C=N–C) groups is 1. The highest BCUT2D eigenvalue weighted by molar-refractivity contribution is 5.81. The molecule has 162 valence electrons. The van der Waals surface area contributed by atoms with Gasteiger partial charge in [-0.3, -0.25) is 4.79 Å². The average molecular weight is 412 g/mol. The Morgan fingerprint density at radius 3 is 2.53 bits per heavy atom. The van der Waals surface area contributed by atoms with Crippen molar-refractivity contribution < 1.29 is 9.53 Å². The van der Waals surface area contributed by atoms with Crippen molar-refractivity contribution in [3.8, 4) is 5.88 Å². The van der Waals surface area contributed by atoms with Crippen LogP contribution in [0.25, 0.3) is 0 Å². The molecule has 1 amide bonds. The fraction of sp³-hybridized carbons (Fsp3) is 0.435. The van der Waals surface area contributed by atoms with Gasteiger partial charge >= 0.3 is 0 Å². The van der Waals surface area contributed by atoms with E-state index in [0.717, 1.165) is 30.8 Å². The summed E-state index contributed by atoms with van der Waals surface area (Å²) in [6.07, 6.45) is 2.17. The number of guanidine groups is 1. The Morgan fingerprint density at radius 1 is 1.07 bits per heavy atom. The standard InChI is InChI=1S/C23H33N5O2/c1-4-24-23(26-15-13-22(29)28(5-2)6-3)27-17-20-12-14-25-21(16-20)30-18-19-10-8-7-9-11-19/h7-12,14,16H,4-6,13,15,17-18H2,1-3H3,(H2,24,26,27). The zero-order chi connectivity index (χ0) is 21.6. The number of hydrogen-bond acceptors (Lipinski definition) is 4. The molecule has 0 unspecified atom stereocenters. The van der Waals surface area contributed by atoms with Crippen molar-refractivity contribution in [2.75, 3.05) is 26.2 Å². The van der Waals surface area contributed by atoms with Gasteiger partial charge in [0.1, 0.15) is 6.61 Å². The molecule has 2 aromatic rings. The number of hydrogen-bond donors (Lipinski definition) is 2. The van der Waals surface area contributed by atoms with E-state index in [4.69, 9.17) is 4.74 Å². The van der Waals surface area contributed by atoms with Crippen LogP contribution in [0.1, 0.15) is 38.3 Å². The molecule has 2 rings (SSSR count). The van der Waals surface area contributed by atoms with E-state index in [0.29, 0.717) is 38.0 Å². The van der Waals surface area contributed by atoms with E-state index >= 15 is 0 Å². The van der Waals surface area contributed by atoms with Crippen molar-refractivity contribution in [1.82, 2.24) is 20.5 Å². The molecule has 0 atom stereocenters. The summed E-state index contributed by atoms with van der Waals surface area (Å²) >= 11 is 0. The lowest BCUT2D eigenvalue weighted by Gasteiger charge is -2.19. The number of amides is 1. The molecule has 0 saturated carbocycles. The van der Waals surface area contributed by atoms with Gasteiger partial charge < -0.3 is 20.3 Å². The second-order valence-corrected chi connectivity index (χ2v) is 6.71. The summed E-state index contributed by atoms with van der Waals surface area (Å²) < 4.78 is 5.79. The van der Waals surface area contributed by atoms with Gasteiger partial charge in [0.25, 0.3) is 0 Å². The van der Waals surface area contributed by atoms with E-state index in [1.165, 1.54) is 0 Å². The molecule has 0 bridgehead atoms. The topological polar surface area (TPSA) is 78.9 Å². The molecule has 1 heterocycles. The molecule has 0 aliphatic carbocycles. The molecule has 1 aromatic heterocycles. The number of nitrogens with zero attached hydrogens (tertiary/aromatic N) is 3. The van der Waals surface area contributed by atoms with Crippen molar-refractivity contribution in [2.45, 2.75) is 40.3 Å². The summed E-state index contributed by atoms with van der Waals surface area (Å²) in [5.74, 6) is 1.42. The first-order valence-electron chi connectivity index (χ1n) is 10.6. The molecular weight excluding hydrogens is 378 g/mol. The van der Waals surface area contributed by atoms with Crippen LogP contribution in [-0.4, -0.2) is 47.9 Å². The molecule has 0 aliphatic heterocycles. The highest BCUT2D eigenvalue weighted by Gasteiger charge is 2.09. The monoisotopic (exact) mass is 411 g/mol. The van der Waals surface area contributed by atoms with Gasteiger partial charge in [0.05, 0.1) is 6.54 Å². The summed E-state index contributed by atoms with van der Waals surface area (Å²) in [5.41, 5.74) is 2.10. The van der Waals surface area contributed by atoms with Crippen LogP contribution >= 0.6 is 0 Å². The number of carbonyl (C=O) groups is 1. The van der Waals surface area contributed by atoms with Gasteiger partial charge in [-0.05, 0) is 38.0 Å². The smallest absolute Gasteiger partial charge is 0.224 e. The summed E-state index contributed by atoms with van der Waals surface area (Å²) in [6.45, 7) is 9.73. The maximum atomic E-state index is 12.1. The van der Waals surface area contributed by atoms with Crippen LogP contribution in [0.5, 0.6) is 5.88 Å². The third kappa shape index (κ3) is 8.11. The van der Waals surface area contributed by atoms with Crippen LogP contribution in [0.3, 0.4) is 0 Å². The van der Waals surface area contributed by atoms with Gasteiger partial charge in [0, 0.05) is 44.9 Å². The van der Waals surface area contributed by atoms with Crippen LogP contribution in [-0.2, 0) is 17.9 Å². The second-order valence-electron chi connectivity index (χ2n) is 6.71. The Morgan fingerprint density at radius 2 is 1.83 bits per heavy atom. The summed E-state index contributed by atoms with van der Waals surface area (Å²) in [7, 11) is 0. The lowest BCUT2D eigenvalue weighted by molar-refractivity contribution is -0.130. The summed E-state index contributed by atoms with van der Waals surface area (Å²) in [6, 6.07) is 13.8. The Bertz CT molecular complexity index is 791. The fourth-order valence-electron chi connectivity index (χ4n) is 2.89. The Kier molecular flexibility index (Phi) is 10.2. The summed E-state index contributed by atoms with van der Waals surface area (Å²) in [4.78, 5) is 22.9. The second kappa shape index (κ2) is 13.2. The molecular formula is C23H33N5O2. The third-order valence-electron chi connectivity index (χ3n) is 4.54. The maximum Gasteiger partial charge on any atom is 0.224 e. The van der Waals surface area contributed by atoms with Crippen LogP contribution in [0.15, 0.2) is 53.7 Å². The number of rotatable bonds is 11.